The Kier molecular flexibility index (Phi) is 5.81. The number of nitrogens with zero attached hydrogens (tertiary/aromatic N) is 4. The Balaban J connectivity index is 1.33. The van der Waals surface area contributed by atoms with Gasteiger partial charge in [0.05, 0.1) is 17.1 Å². The van der Waals surface area contributed by atoms with E-state index in [1.807, 2.05) is 53.4 Å². The monoisotopic (exact) mass is 478 g/mol. The summed E-state index contributed by atoms with van der Waals surface area (Å²) in [6, 6.07) is 17.7. The molecule has 2 aliphatic rings. The fraction of sp³-hybridized carbons (Fsp3) is 0.385. The van der Waals surface area contributed by atoms with Crippen LogP contribution in [0.2, 0.25) is 0 Å². The first-order chi connectivity index (χ1) is 16.3. The number of aryl methyl sites for hydroxylation is 1. The van der Waals surface area contributed by atoms with E-state index >= 15 is 0 Å². The zero-order valence-corrected chi connectivity index (χ0v) is 20.6. The Hall–Kier alpha value is -2.97. The van der Waals surface area contributed by atoms with Crippen LogP contribution in [0.15, 0.2) is 59.5 Å². The van der Waals surface area contributed by atoms with Crippen LogP contribution in [-0.2, 0) is 21.2 Å². The van der Waals surface area contributed by atoms with Gasteiger partial charge in [0.15, 0.2) is 0 Å². The fourth-order valence-corrected chi connectivity index (χ4v) is 7.22. The Morgan fingerprint density at radius 1 is 0.971 bits per heavy atom. The van der Waals surface area contributed by atoms with Gasteiger partial charge in [-0.3, -0.25) is 4.79 Å². The van der Waals surface area contributed by atoms with E-state index in [4.69, 9.17) is 0 Å². The molecule has 0 bridgehead atoms. The quantitative estimate of drug-likeness (QED) is 0.571. The minimum Gasteiger partial charge on any atom is -0.309 e. The molecule has 34 heavy (non-hydrogen) atoms. The summed E-state index contributed by atoms with van der Waals surface area (Å²) >= 11 is 0. The number of fused-ring (bicyclic) bond motifs is 1. The lowest BCUT2D eigenvalue weighted by atomic mass is 9.96. The molecule has 1 unspecified atom stereocenters. The van der Waals surface area contributed by atoms with Crippen molar-refractivity contribution >= 4 is 21.6 Å². The highest BCUT2D eigenvalue weighted by atomic mass is 32.2. The Morgan fingerprint density at radius 3 is 2.32 bits per heavy atom. The smallest absolute Gasteiger partial charge is 0.246 e. The molecule has 3 heterocycles. The van der Waals surface area contributed by atoms with Gasteiger partial charge in [-0.1, -0.05) is 36.4 Å². The van der Waals surface area contributed by atoms with E-state index in [9.17, 15) is 13.2 Å². The second-order valence-corrected chi connectivity index (χ2v) is 11.2. The Bertz CT molecular complexity index is 1330. The van der Waals surface area contributed by atoms with Gasteiger partial charge in [-0.25, -0.2) is 13.1 Å². The normalized spacial score (nSPS) is 19.4. The van der Waals surface area contributed by atoms with Crippen molar-refractivity contribution < 1.29 is 13.2 Å². The average molecular weight is 479 g/mol. The highest BCUT2D eigenvalue weighted by Gasteiger charge is 2.39. The number of amides is 1. The molecule has 0 aliphatic carbocycles. The van der Waals surface area contributed by atoms with Crippen LogP contribution in [0.5, 0.6) is 0 Å². The second kappa shape index (κ2) is 8.67. The van der Waals surface area contributed by atoms with Crippen LogP contribution < -0.4 is 4.90 Å². The van der Waals surface area contributed by atoms with Crippen molar-refractivity contribution in [3.8, 4) is 5.69 Å². The van der Waals surface area contributed by atoms with Gasteiger partial charge in [0.1, 0.15) is 4.90 Å². The maximum absolute atomic E-state index is 13.6. The molecule has 1 aromatic heterocycles. The van der Waals surface area contributed by atoms with Gasteiger partial charge in [-0.05, 0) is 63.8 Å². The molecule has 178 valence electrons. The van der Waals surface area contributed by atoms with Crippen molar-refractivity contribution in [3.63, 3.8) is 0 Å². The predicted octanol–water partition coefficient (Wildman–Crippen LogP) is 3.87. The summed E-state index contributed by atoms with van der Waals surface area (Å²) in [5, 5.41) is 4.52. The third-order valence-electron chi connectivity index (χ3n) is 7.07. The van der Waals surface area contributed by atoms with Gasteiger partial charge in [-0.15, -0.1) is 0 Å². The van der Waals surface area contributed by atoms with E-state index < -0.39 is 10.0 Å². The first-order valence-corrected chi connectivity index (χ1v) is 13.3. The zero-order valence-electron chi connectivity index (χ0n) is 19.8. The maximum atomic E-state index is 13.6. The van der Waals surface area contributed by atoms with Crippen LogP contribution >= 0.6 is 0 Å². The van der Waals surface area contributed by atoms with Crippen LogP contribution in [0.25, 0.3) is 5.69 Å². The van der Waals surface area contributed by atoms with E-state index in [0.29, 0.717) is 37.3 Å². The minimum absolute atomic E-state index is 0.110. The summed E-state index contributed by atoms with van der Waals surface area (Å²) in [6.07, 6.45) is 1.90. The highest BCUT2D eigenvalue weighted by Crippen LogP contribution is 2.35. The number of anilines is 1. The lowest BCUT2D eigenvalue weighted by molar-refractivity contribution is -0.123. The molecule has 5 rings (SSSR count). The van der Waals surface area contributed by atoms with Crippen molar-refractivity contribution in [1.29, 1.82) is 0 Å². The van der Waals surface area contributed by atoms with Crippen LogP contribution in [0.1, 0.15) is 36.7 Å². The molecule has 0 spiro atoms. The molecule has 2 aliphatic heterocycles. The van der Waals surface area contributed by atoms with Crippen molar-refractivity contribution in [3.05, 3.63) is 71.5 Å². The molecule has 2 aromatic carbocycles. The molecular weight excluding hydrogens is 448 g/mol. The standard InChI is InChI=1S/C26H30N4O3S/c1-18-17-22-9-7-8-12-24(22)29(18)26(31)21-13-15-28(16-14-21)34(32,33)25-19(2)27-30(20(25)3)23-10-5-4-6-11-23/h4-12,18,21H,13-17H2,1-3H3. The summed E-state index contributed by atoms with van der Waals surface area (Å²) in [6.45, 7) is 6.27. The van der Waals surface area contributed by atoms with Crippen molar-refractivity contribution in [2.75, 3.05) is 18.0 Å². The lowest BCUT2D eigenvalue weighted by Crippen LogP contribution is -2.46. The second-order valence-electron chi connectivity index (χ2n) is 9.32. The van der Waals surface area contributed by atoms with E-state index in [-0.39, 0.29) is 22.8 Å². The molecule has 3 aromatic rings. The molecule has 0 radical (unpaired) electrons. The highest BCUT2D eigenvalue weighted by molar-refractivity contribution is 7.89. The topological polar surface area (TPSA) is 75.5 Å². The number of aromatic nitrogens is 2. The van der Waals surface area contributed by atoms with Crippen molar-refractivity contribution in [2.45, 2.75) is 51.0 Å². The van der Waals surface area contributed by atoms with Gasteiger partial charge in [0.25, 0.3) is 0 Å². The minimum atomic E-state index is -3.71. The summed E-state index contributed by atoms with van der Waals surface area (Å²) < 4.78 is 30.4. The molecule has 1 saturated heterocycles. The predicted molar refractivity (Wildman–Crippen MR) is 132 cm³/mol. The number of piperidine rings is 1. The molecule has 1 atom stereocenters. The fourth-order valence-electron chi connectivity index (χ4n) is 5.39. The Labute approximate surface area is 201 Å². The molecule has 1 fully saturated rings. The van der Waals surface area contributed by atoms with E-state index in [0.717, 1.165) is 17.8 Å². The number of carbonyl (C=O) groups excluding carboxylic acids is 1. The Morgan fingerprint density at radius 2 is 1.62 bits per heavy atom. The third-order valence-corrected chi connectivity index (χ3v) is 9.22. The zero-order chi connectivity index (χ0) is 24.0. The van der Waals surface area contributed by atoms with Crippen LogP contribution in [0, 0.1) is 19.8 Å². The van der Waals surface area contributed by atoms with Gasteiger partial charge in [0, 0.05) is 30.7 Å². The van der Waals surface area contributed by atoms with E-state index in [1.54, 1.807) is 18.5 Å². The SMILES string of the molecule is Cc1nn(-c2ccccc2)c(C)c1S(=O)(=O)N1CCC(C(=O)N2c3ccccc3CC2C)CC1. The molecular formula is C26H30N4O3S. The number of hydrogen-bond acceptors (Lipinski definition) is 4. The van der Waals surface area contributed by atoms with Crippen LogP contribution in [-0.4, -0.2) is 47.5 Å². The van der Waals surface area contributed by atoms with Crippen molar-refractivity contribution in [2.24, 2.45) is 5.92 Å². The van der Waals surface area contributed by atoms with E-state index in [2.05, 4.69) is 18.1 Å². The number of benzene rings is 2. The first kappa shape index (κ1) is 22.8. The van der Waals surface area contributed by atoms with Gasteiger partial charge < -0.3 is 4.90 Å². The average Bonchev–Trinajstić information content (AvgIpc) is 3.34. The molecule has 0 saturated carbocycles. The molecule has 0 N–H and O–H groups in total. The maximum Gasteiger partial charge on any atom is 0.246 e. The lowest BCUT2D eigenvalue weighted by Gasteiger charge is -2.34. The van der Waals surface area contributed by atoms with Crippen LogP contribution in [0.3, 0.4) is 0 Å². The number of hydrogen-bond donors (Lipinski definition) is 0. The molecule has 8 heteroatoms. The van der Waals surface area contributed by atoms with Crippen molar-refractivity contribution in [1.82, 2.24) is 14.1 Å². The van der Waals surface area contributed by atoms with Gasteiger partial charge in [0.2, 0.25) is 15.9 Å². The largest absolute Gasteiger partial charge is 0.309 e. The van der Waals surface area contributed by atoms with E-state index in [1.165, 1.54) is 9.87 Å². The summed E-state index contributed by atoms with van der Waals surface area (Å²) in [4.78, 5) is 15.6. The summed E-state index contributed by atoms with van der Waals surface area (Å²) in [5.74, 6) is -0.0620. The van der Waals surface area contributed by atoms with Gasteiger partial charge in [-0.2, -0.15) is 9.40 Å². The number of rotatable bonds is 4. The molecule has 7 nitrogen and oxygen atoms in total. The molecule has 1 amide bonds. The summed E-state index contributed by atoms with van der Waals surface area (Å²) in [7, 11) is -3.71. The number of para-hydroxylation sites is 2. The van der Waals surface area contributed by atoms with Crippen LogP contribution in [0.4, 0.5) is 5.69 Å². The number of sulfonamides is 1. The number of carbonyl (C=O) groups is 1. The first-order valence-electron chi connectivity index (χ1n) is 11.8. The summed E-state index contributed by atoms with van der Waals surface area (Å²) in [5.41, 5.74) is 4.11. The van der Waals surface area contributed by atoms with Gasteiger partial charge >= 0.3 is 0 Å². The third kappa shape index (κ3) is 3.75.